The van der Waals surface area contributed by atoms with Gasteiger partial charge in [0.1, 0.15) is 0 Å². The zero-order chi connectivity index (χ0) is 17.2. The number of carbonyl (C=O) groups is 1. The molecule has 0 aliphatic heterocycles. The third-order valence-corrected chi connectivity index (χ3v) is 4.01. The normalized spacial score (nSPS) is 17.6. The molecule has 128 valence electrons. The fourth-order valence-corrected chi connectivity index (χ4v) is 2.61. The number of aromatic nitrogens is 3. The highest BCUT2D eigenvalue weighted by Gasteiger charge is 2.36. The van der Waals surface area contributed by atoms with E-state index in [4.69, 9.17) is 4.52 Å². The third kappa shape index (κ3) is 3.84. The number of nitrogens with one attached hydrogen (secondary N) is 2. The Morgan fingerprint density at radius 2 is 2.12 bits per heavy atom. The Hall–Kier alpha value is -2.58. The van der Waals surface area contributed by atoms with Crippen molar-refractivity contribution < 1.29 is 18.1 Å². The van der Waals surface area contributed by atoms with Crippen LogP contribution in [0.3, 0.4) is 0 Å². The van der Waals surface area contributed by atoms with Gasteiger partial charge >= 0.3 is 0 Å². The summed E-state index contributed by atoms with van der Waals surface area (Å²) in [7, 11) is 0. The van der Waals surface area contributed by atoms with Crippen LogP contribution in [0.2, 0.25) is 0 Å². The molecule has 9 heteroatoms. The molecule has 1 aliphatic carbocycles. The van der Waals surface area contributed by atoms with Crippen molar-refractivity contribution in [3.05, 3.63) is 46.0 Å². The van der Waals surface area contributed by atoms with E-state index in [1.165, 1.54) is 18.3 Å². The summed E-state index contributed by atoms with van der Waals surface area (Å²) in [6.07, 6.45) is 1.58. The maximum atomic E-state index is 13.2. The molecule has 0 radical (unpaired) electrons. The minimum Gasteiger partial charge on any atom is -0.343 e. The van der Waals surface area contributed by atoms with Gasteiger partial charge in [-0.3, -0.25) is 9.59 Å². The minimum absolute atomic E-state index is 0.0217. The van der Waals surface area contributed by atoms with Gasteiger partial charge in [-0.2, -0.15) is 4.98 Å². The van der Waals surface area contributed by atoms with Gasteiger partial charge in [-0.1, -0.05) is 5.16 Å². The maximum Gasteiger partial charge on any atom is 0.253 e. The fraction of sp³-hybridized carbons (Fsp3) is 0.467. The number of rotatable bonds is 4. The first-order valence-electron chi connectivity index (χ1n) is 7.60. The van der Waals surface area contributed by atoms with Crippen molar-refractivity contribution in [1.29, 1.82) is 0 Å². The number of carbonyl (C=O) groups excluding carboxylic acids is 1. The predicted octanol–water partition coefficient (Wildman–Crippen LogP) is 1.98. The van der Waals surface area contributed by atoms with Crippen LogP contribution in [0.5, 0.6) is 0 Å². The summed E-state index contributed by atoms with van der Waals surface area (Å²) in [4.78, 5) is 29.4. The molecular formula is C15H16F2N4O3. The second kappa shape index (κ2) is 6.50. The SMILES string of the molecule is O=C(NCc1nc(C2CCC(F)(F)CC2)no1)c1ccc(=O)[nH]c1. The van der Waals surface area contributed by atoms with Crippen LogP contribution in [0.4, 0.5) is 8.78 Å². The molecule has 0 atom stereocenters. The number of alkyl halides is 2. The molecule has 7 nitrogen and oxygen atoms in total. The number of hydrogen-bond acceptors (Lipinski definition) is 5. The number of halogens is 2. The minimum atomic E-state index is -2.60. The van der Waals surface area contributed by atoms with Gasteiger partial charge in [-0.25, -0.2) is 8.78 Å². The topological polar surface area (TPSA) is 101 Å². The average molecular weight is 338 g/mol. The first-order valence-corrected chi connectivity index (χ1v) is 7.60. The average Bonchev–Trinajstić information content (AvgIpc) is 3.02. The van der Waals surface area contributed by atoms with E-state index in [2.05, 4.69) is 20.4 Å². The standard InChI is InChI=1S/C15H16F2N4O3/c16-15(17)5-3-9(4-6-15)13-20-12(24-21-13)8-19-14(23)10-1-2-11(22)18-7-10/h1-2,7,9H,3-6,8H2,(H,18,22)(H,19,23). The predicted molar refractivity (Wildman–Crippen MR) is 78.7 cm³/mol. The molecular weight excluding hydrogens is 322 g/mol. The Morgan fingerprint density at radius 3 is 2.79 bits per heavy atom. The largest absolute Gasteiger partial charge is 0.343 e. The molecule has 0 spiro atoms. The molecule has 1 aliphatic rings. The quantitative estimate of drug-likeness (QED) is 0.888. The van der Waals surface area contributed by atoms with Crippen molar-refractivity contribution in [2.45, 2.75) is 44.1 Å². The number of pyridine rings is 1. The van der Waals surface area contributed by atoms with Crippen LogP contribution < -0.4 is 10.9 Å². The van der Waals surface area contributed by atoms with E-state index in [1.807, 2.05) is 0 Å². The molecule has 1 fully saturated rings. The van der Waals surface area contributed by atoms with Gasteiger partial charge < -0.3 is 14.8 Å². The summed E-state index contributed by atoms with van der Waals surface area (Å²) in [6.45, 7) is 0.0217. The number of H-pyrrole nitrogens is 1. The summed E-state index contributed by atoms with van der Waals surface area (Å²) in [6, 6.07) is 2.65. The van der Waals surface area contributed by atoms with Gasteiger partial charge in [0.05, 0.1) is 12.1 Å². The molecule has 0 saturated heterocycles. The number of amides is 1. The van der Waals surface area contributed by atoms with Gasteiger partial charge in [0, 0.05) is 31.0 Å². The lowest BCUT2D eigenvalue weighted by Gasteiger charge is -2.26. The van der Waals surface area contributed by atoms with Gasteiger partial charge in [-0.15, -0.1) is 0 Å². The maximum absolute atomic E-state index is 13.2. The van der Waals surface area contributed by atoms with Crippen LogP contribution in [0.15, 0.2) is 27.6 Å². The van der Waals surface area contributed by atoms with Crippen LogP contribution in [-0.2, 0) is 6.54 Å². The molecule has 2 heterocycles. The van der Waals surface area contributed by atoms with Crippen LogP contribution in [-0.4, -0.2) is 27.0 Å². The van der Waals surface area contributed by atoms with E-state index in [0.717, 1.165) is 0 Å². The zero-order valence-corrected chi connectivity index (χ0v) is 12.7. The zero-order valence-electron chi connectivity index (χ0n) is 12.7. The molecule has 0 bridgehead atoms. The van der Waals surface area contributed by atoms with Crippen LogP contribution >= 0.6 is 0 Å². The van der Waals surface area contributed by atoms with E-state index in [9.17, 15) is 18.4 Å². The Morgan fingerprint density at radius 1 is 1.38 bits per heavy atom. The van der Waals surface area contributed by atoms with Gasteiger partial charge in [0.25, 0.3) is 5.91 Å². The summed E-state index contributed by atoms with van der Waals surface area (Å²) in [5.74, 6) is -2.53. The Labute approximate surface area is 135 Å². The lowest BCUT2D eigenvalue weighted by atomic mass is 9.86. The van der Waals surface area contributed by atoms with Crippen molar-refractivity contribution in [3.63, 3.8) is 0 Å². The molecule has 3 rings (SSSR count). The molecule has 0 aromatic carbocycles. The van der Waals surface area contributed by atoms with E-state index >= 15 is 0 Å². The molecule has 2 aromatic heterocycles. The Kier molecular flexibility index (Phi) is 4.41. The van der Waals surface area contributed by atoms with Crippen LogP contribution in [0.1, 0.15) is 53.7 Å². The first kappa shape index (κ1) is 16.3. The Balaban J connectivity index is 1.55. The third-order valence-electron chi connectivity index (χ3n) is 4.01. The lowest BCUT2D eigenvalue weighted by molar-refractivity contribution is -0.0389. The van der Waals surface area contributed by atoms with E-state index in [0.29, 0.717) is 24.2 Å². The highest BCUT2D eigenvalue weighted by Crippen LogP contribution is 2.39. The number of nitrogens with zero attached hydrogens (tertiary/aromatic N) is 2. The molecule has 24 heavy (non-hydrogen) atoms. The second-order valence-electron chi connectivity index (χ2n) is 5.80. The smallest absolute Gasteiger partial charge is 0.253 e. The van der Waals surface area contributed by atoms with Gasteiger partial charge in [0.2, 0.25) is 17.4 Å². The van der Waals surface area contributed by atoms with Gasteiger partial charge in [0.15, 0.2) is 5.82 Å². The molecule has 1 saturated carbocycles. The van der Waals surface area contributed by atoms with Crippen LogP contribution in [0.25, 0.3) is 0 Å². The highest BCUT2D eigenvalue weighted by molar-refractivity contribution is 5.93. The monoisotopic (exact) mass is 338 g/mol. The second-order valence-corrected chi connectivity index (χ2v) is 5.80. The number of aromatic amines is 1. The van der Waals surface area contributed by atoms with Crippen molar-refractivity contribution in [1.82, 2.24) is 20.4 Å². The van der Waals surface area contributed by atoms with E-state index in [1.54, 1.807) is 0 Å². The lowest BCUT2D eigenvalue weighted by Crippen LogP contribution is -2.24. The van der Waals surface area contributed by atoms with Crippen LogP contribution in [0, 0.1) is 0 Å². The molecule has 0 unspecified atom stereocenters. The number of hydrogen-bond donors (Lipinski definition) is 2. The first-order chi connectivity index (χ1) is 11.4. The molecule has 2 N–H and O–H groups in total. The van der Waals surface area contributed by atoms with E-state index < -0.39 is 11.8 Å². The highest BCUT2D eigenvalue weighted by atomic mass is 19.3. The fourth-order valence-electron chi connectivity index (χ4n) is 2.61. The Bertz CT molecular complexity index is 757. The van der Waals surface area contributed by atoms with Gasteiger partial charge in [-0.05, 0) is 18.9 Å². The van der Waals surface area contributed by atoms with Crippen molar-refractivity contribution in [3.8, 4) is 0 Å². The molecule has 1 amide bonds. The summed E-state index contributed by atoms with van der Waals surface area (Å²) in [5, 5.41) is 6.41. The van der Waals surface area contributed by atoms with Crippen molar-refractivity contribution in [2.24, 2.45) is 0 Å². The summed E-state index contributed by atoms with van der Waals surface area (Å²) < 4.78 is 31.4. The summed E-state index contributed by atoms with van der Waals surface area (Å²) in [5.41, 5.74) is -0.00463. The van der Waals surface area contributed by atoms with E-state index in [-0.39, 0.29) is 36.8 Å². The summed E-state index contributed by atoms with van der Waals surface area (Å²) >= 11 is 0. The van der Waals surface area contributed by atoms with Crippen molar-refractivity contribution in [2.75, 3.05) is 0 Å². The molecule has 2 aromatic rings. The van der Waals surface area contributed by atoms with Crippen molar-refractivity contribution >= 4 is 5.91 Å².